The van der Waals surface area contributed by atoms with Crippen molar-refractivity contribution in [2.75, 3.05) is 4.90 Å². The van der Waals surface area contributed by atoms with Gasteiger partial charge in [-0.15, -0.1) is 0 Å². The number of hydrogen-bond acceptors (Lipinski definition) is 1. The summed E-state index contributed by atoms with van der Waals surface area (Å²) < 4.78 is 2.53. The van der Waals surface area contributed by atoms with Crippen molar-refractivity contribution in [3.8, 4) is 61.3 Å². The van der Waals surface area contributed by atoms with E-state index in [2.05, 4.69) is 289 Å². The maximum atomic E-state index is 2.53. The first kappa shape index (κ1) is 41.7. The van der Waals surface area contributed by atoms with Crippen LogP contribution in [-0.4, -0.2) is 4.57 Å². The zero-order valence-corrected chi connectivity index (χ0v) is 41.5. The molecule has 1 atom stereocenters. The summed E-state index contributed by atoms with van der Waals surface area (Å²) in [7, 11) is 0. The highest BCUT2D eigenvalue weighted by atomic mass is 15.1. The van der Waals surface area contributed by atoms with Crippen LogP contribution in [0, 0.1) is 0 Å². The Morgan fingerprint density at radius 2 is 0.737 bits per heavy atom. The number of nitrogens with zero attached hydrogens (tertiary/aromatic N) is 2. The van der Waals surface area contributed by atoms with E-state index in [1.165, 1.54) is 128 Å². The number of hydrogen-bond donors (Lipinski definition) is 0. The topological polar surface area (TPSA) is 8.17 Å². The average molecular weight is 963 g/mol. The molecule has 76 heavy (non-hydrogen) atoms. The minimum atomic E-state index is -0.576. The molecule has 1 aromatic heterocycles. The SMILES string of the molecule is c1ccc(-c2ccc(N(c3ccc(-c4cccc5c4C4(c6ccccc6-c6ccccc64)c4ccccc4-5)cc3)c3cccc4c3-c3ccccc3C43c4ccccc4-n4c5ccccc5c5cccc3c54)cc2)cc1. The zero-order valence-electron chi connectivity index (χ0n) is 41.5. The predicted molar refractivity (Wildman–Crippen MR) is 313 cm³/mol. The molecule has 0 fully saturated rings. The minimum absolute atomic E-state index is 0.453. The van der Waals surface area contributed by atoms with Crippen LogP contribution in [0.5, 0.6) is 0 Å². The largest absolute Gasteiger partial charge is 0.310 e. The Morgan fingerprint density at radius 3 is 1.43 bits per heavy atom. The highest BCUT2D eigenvalue weighted by Gasteiger charge is 2.54. The molecule has 0 amide bonds. The Labute approximate surface area is 441 Å². The smallest absolute Gasteiger partial charge is 0.0755 e. The van der Waals surface area contributed by atoms with Crippen LogP contribution in [0.15, 0.2) is 279 Å². The van der Waals surface area contributed by atoms with Crippen LogP contribution in [0.1, 0.15) is 44.5 Å². The second kappa shape index (κ2) is 15.4. The summed E-state index contributed by atoms with van der Waals surface area (Å²) in [5.41, 5.74) is 29.3. The van der Waals surface area contributed by atoms with Gasteiger partial charge >= 0.3 is 0 Å². The van der Waals surface area contributed by atoms with Gasteiger partial charge < -0.3 is 9.47 Å². The summed E-state index contributed by atoms with van der Waals surface area (Å²) in [4.78, 5) is 2.51. The van der Waals surface area contributed by atoms with E-state index >= 15 is 0 Å². The second-order valence-electron chi connectivity index (χ2n) is 21.0. The van der Waals surface area contributed by atoms with Crippen LogP contribution in [0.4, 0.5) is 17.1 Å². The summed E-state index contributed by atoms with van der Waals surface area (Å²) in [5.74, 6) is 0. The van der Waals surface area contributed by atoms with Crippen LogP contribution in [-0.2, 0) is 10.8 Å². The van der Waals surface area contributed by atoms with Crippen LogP contribution >= 0.6 is 0 Å². The van der Waals surface area contributed by atoms with E-state index in [1.54, 1.807) is 0 Å². The highest BCUT2D eigenvalue weighted by Crippen LogP contribution is 2.66. The van der Waals surface area contributed by atoms with Crippen molar-refractivity contribution in [2.45, 2.75) is 10.8 Å². The molecule has 0 saturated heterocycles. The lowest BCUT2D eigenvalue weighted by Crippen LogP contribution is -2.33. The zero-order chi connectivity index (χ0) is 49.7. The molecule has 3 aliphatic carbocycles. The summed E-state index contributed by atoms with van der Waals surface area (Å²) in [6.45, 7) is 0. The van der Waals surface area contributed by atoms with Gasteiger partial charge in [0.25, 0.3) is 0 Å². The van der Waals surface area contributed by atoms with Crippen molar-refractivity contribution >= 4 is 38.9 Å². The van der Waals surface area contributed by atoms with Gasteiger partial charge in [0.2, 0.25) is 0 Å². The monoisotopic (exact) mass is 962 g/mol. The molecule has 2 heterocycles. The lowest BCUT2D eigenvalue weighted by Gasteiger charge is -2.39. The maximum Gasteiger partial charge on any atom is 0.0755 e. The van der Waals surface area contributed by atoms with E-state index in [-0.39, 0.29) is 0 Å². The van der Waals surface area contributed by atoms with Crippen molar-refractivity contribution in [3.63, 3.8) is 0 Å². The molecule has 0 N–H and O–H groups in total. The fourth-order valence-electron chi connectivity index (χ4n) is 14.8. The van der Waals surface area contributed by atoms with Crippen LogP contribution in [0.2, 0.25) is 0 Å². The first-order valence-corrected chi connectivity index (χ1v) is 26.6. The Hall–Kier alpha value is -9.76. The van der Waals surface area contributed by atoms with Crippen molar-refractivity contribution in [1.82, 2.24) is 4.57 Å². The van der Waals surface area contributed by atoms with Crippen molar-refractivity contribution in [2.24, 2.45) is 0 Å². The Kier molecular flexibility index (Phi) is 8.44. The maximum absolute atomic E-state index is 2.53. The summed E-state index contributed by atoms with van der Waals surface area (Å²) in [6, 6.07) is 105. The third kappa shape index (κ3) is 5.20. The number of fused-ring (bicyclic) bond motifs is 22. The molecule has 0 bridgehead atoms. The van der Waals surface area contributed by atoms with E-state index in [0.29, 0.717) is 0 Å². The summed E-state index contributed by atoms with van der Waals surface area (Å²) >= 11 is 0. The second-order valence-corrected chi connectivity index (χ2v) is 21.0. The Balaban J connectivity index is 0.893. The van der Waals surface area contributed by atoms with E-state index in [0.717, 1.165) is 17.1 Å². The third-order valence-corrected chi connectivity index (χ3v) is 17.6. The minimum Gasteiger partial charge on any atom is -0.310 e. The molecule has 12 aromatic carbocycles. The quantitative estimate of drug-likeness (QED) is 0.167. The fraction of sp³-hybridized carbons (Fsp3) is 0.0270. The van der Waals surface area contributed by atoms with Gasteiger partial charge in [-0.2, -0.15) is 0 Å². The molecular weight excluding hydrogens is 917 g/mol. The van der Waals surface area contributed by atoms with Crippen molar-refractivity contribution < 1.29 is 0 Å². The van der Waals surface area contributed by atoms with Crippen molar-refractivity contribution in [1.29, 1.82) is 0 Å². The molecule has 0 saturated carbocycles. The van der Waals surface area contributed by atoms with Crippen LogP contribution < -0.4 is 4.90 Å². The molecule has 0 radical (unpaired) electrons. The van der Waals surface area contributed by atoms with E-state index in [4.69, 9.17) is 0 Å². The van der Waals surface area contributed by atoms with Gasteiger partial charge in [0.05, 0.1) is 33.2 Å². The number of anilines is 3. The standard InChI is InChI=1S/C74H46N2/c1-2-19-47(20-3-1)48-39-43-50(44-40-48)75(51-45-41-49(42-46-51)52-26-16-27-57-55-23-6-11-31-62(55)74(71(52)57)60-29-9-4-21-53(60)54-22-5-10-30-61(54)74)69-38-18-34-65-70(69)59-25-7-12-32-63(59)73(65)64-33-13-15-37-68(64)76-67-36-14-8-24-56(67)58-28-17-35-66(73)72(58)76/h1-46H. The van der Waals surface area contributed by atoms with Gasteiger partial charge in [-0.25, -0.2) is 0 Å². The fourth-order valence-corrected chi connectivity index (χ4v) is 14.8. The molecular formula is C74H46N2. The van der Waals surface area contributed by atoms with Gasteiger partial charge in [-0.1, -0.05) is 237 Å². The molecule has 2 spiro atoms. The number of rotatable bonds is 5. The number of benzene rings is 12. The molecule has 352 valence electrons. The van der Waals surface area contributed by atoms with Gasteiger partial charge in [0.15, 0.2) is 0 Å². The molecule has 13 aromatic rings. The van der Waals surface area contributed by atoms with Gasteiger partial charge in [-0.05, 0) is 137 Å². The average Bonchev–Trinajstić information content (AvgIpc) is 4.39. The van der Waals surface area contributed by atoms with E-state index in [9.17, 15) is 0 Å². The number of para-hydroxylation sites is 3. The lowest BCUT2D eigenvalue weighted by molar-refractivity contribution is 0.748. The highest BCUT2D eigenvalue weighted by molar-refractivity contribution is 6.13. The van der Waals surface area contributed by atoms with Gasteiger partial charge in [0.1, 0.15) is 0 Å². The van der Waals surface area contributed by atoms with Crippen LogP contribution in [0.25, 0.3) is 83.1 Å². The van der Waals surface area contributed by atoms with E-state index in [1.807, 2.05) is 0 Å². The van der Waals surface area contributed by atoms with Crippen molar-refractivity contribution in [3.05, 3.63) is 324 Å². The molecule has 2 heteroatoms. The van der Waals surface area contributed by atoms with Crippen LogP contribution in [0.3, 0.4) is 0 Å². The Morgan fingerprint density at radius 1 is 0.276 bits per heavy atom. The molecule has 1 aliphatic heterocycles. The molecule has 17 rings (SSSR count). The van der Waals surface area contributed by atoms with Gasteiger partial charge in [-0.3, -0.25) is 0 Å². The van der Waals surface area contributed by atoms with Gasteiger partial charge in [0, 0.05) is 27.7 Å². The first-order chi connectivity index (χ1) is 37.7. The molecule has 2 nitrogen and oxygen atoms in total. The normalized spacial score (nSPS) is 15.3. The summed E-state index contributed by atoms with van der Waals surface area (Å²) in [5, 5.41) is 2.56. The third-order valence-electron chi connectivity index (χ3n) is 17.6. The lowest BCUT2D eigenvalue weighted by atomic mass is 9.65. The summed E-state index contributed by atoms with van der Waals surface area (Å²) in [6.07, 6.45) is 0. The predicted octanol–water partition coefficient (Wildman–Crippen LogP) is 18.6. The first-order valence-electron chi connectivity index (χ1n) is 26.6. The Bertz CT molecular complexity index is 4510. The molecule has 4 aliphatic rings. The molecule has 1 unspecified atom stereocenters. The van der Waals surface area contributed by atoms with E-state index < -0.39 is 10.8 Å². The number of aromatic nitrogens is 1.